The summed E-state index contributed by atoms with van der Waals surface area (Å²) in [5.41, 5.74) is 0. The number of nitrogens with one attached hydrogen (secondary N) is 3. The first-order chi connectivity index (χ1) is 8.66. The van der Waals surface area contributed by atoms with Gasteiger partial charge in [0.25, 0.3) is 0 Å². The van der Waals surface area contributed by atoms with Gasteiger partial charge in [-0.15, -0.1) is 0 Å². The van der Waals surface area contributed by atoms with Gasteiger partial charge in [-0.25, -0.2) is 0 Å². The zero-order valence-corrected chi connectivity index (χ0v) is 11.0. The Bertz CT molecular complexity index is 315. The fourth-order valence-corrected chi connectivity index (χ4v) is 2.36. The topological polar surface area (TPSA) is 70.2 Å². The monoisotopic (exact) mass is 253 g/mol. The Morgan fingerprint density at radius 3 is 2.72 bits per heavy atom. The summed E-state index contributed by atoms with van der Waals surface area (Å²) in [7, 11) is 0. The number of piperidine rings is 1. The number of carbonyl (C=O) groups is 2. The van der Waals surface area contributed by atoms with Crippen LogP contribution in [0.25, 0.3) is 0 Å². The molecule has 0 aromatic rings. The van der Waals surface area contributed by atoms with E-state index in [1.807, 2.05) is 0 Å². The summed E-state index contributed by atoms with van der Waals surface area (Å²) < 4.78 is 0. The Labute approximate surface area is 108 Å². The predicted molar refractivity (Wildman–Crippen MR) is 68.9 cm³/mol. The van der Waals surface area contributed by atoms with Crippen LogP contribution in [0.15, 0.2) is 0 Å². The Kier molecular flexibility index (Phi) is 4.58. The third-order valence-corrected chi connectivity index (χ3v) is 3.72. The third kappa shape index (κ3) is 3.98. The van der Waals surface area contributed by atoms with E-state index in [0.29, 0.717) is 24.9 Å². The molecule has 1 heterocycles. The van der Waals surface area contributed by atoms with Gasteiger partial charge < -0.3 is 16.0 Å². The van der Waals surface area contributed by atoms with E-state index in [1.165, 1.54) is 0 Å². The standard InChI is InChI=1S/C13H23N3O2/c1-9-8-14-6-4-11(9)13(18)15-7-5-12(17)16-10-2-3-10/h9-11,14H,2-8H2,1H3,(H,15,18)(H,16,17). The van der Waals surface area contributed by atoms with Crippen molar-refractivity contribution >= 4 is 11.8 Å². The molecule has 102 valence electrons. The van der Waals surface area contributed by atoms with Gasteiger partial charge in [0, 0.05) is 24.9 Å². The molecule has 2 amide bonds. The van der Waals surface area contributed by atoms with Gasteiger partial charge in [0.1, 0.15) is 0 Å². The SMILES string of the molecule is CC1CNCCC1C(=O)NCCC(=O)NC1CC1. The van der Waals surface area contributed by atoms with Crippen molar-refractivity contribution in [3.05, 3.63) is 0 Å². The van der Waals surface area contributed by atoms with E-state index in [0.717, 1.165) is 32.4 Å². The van der Waals surface area contributed by atoms with E-state index >= 15 is 0 Å². The van der Waals surface area contributed by atoms with Crippen LogP contribution < -0.4 is 16.0 Å². The first-order valence-electron chi connectivity index (χ1n) is 6.94. The van der Waals surface area contributed by atoms with Crippen LogP contribution in [0.5, 0.6) is 0 Å². The van der Waals surface area contributed by atoms with Gasteiger partial charge in [-0.2, -0.15) is 0 Å². The molecule has 2 atom stereocenters. The number of carbonyl (C=O) groups excluding carboxylic acids is 2. The molecule has 5 heteroatoms. The molecule has 2 aliphatic rings. The van der Waals surface area contributed by atoms with E-state index < -0.39 is 0 Å². The van der Waals surface area contributed by atoms with Crippen LogP contribution in [-0.4, -0.2) is 37.5 Å². The summed E-state index contributed by atoms with van der Waals surface area (Å²) in [6.45, 7) is 4.36. The Hall–Kier alpha value is -1.10. The summed E-state index contributed by atoms with van der Waals surface area (Å²) in [6.07, 6.45) is 3.48. The highest BCUT2D eigenvalue weighted by molar-refractivity contribution is 5.81. The molecule has 5 nitrogen and oxygen atoms in total. The van der Waals surface area contributed by atoms with Crippen molar-refractivity contribution in [2.24, 2.45) is 11.8 Å². The van der Waals surface area contributed by atoms with Crippen molar-refractivity contribution < 1.29 is 9.59 Å². The van der Waals surface area contributed by atoms with Gasteiger partial charge in [-0.05, 0) is 38.3 Å². The first-order valence-corrected chi connectivity index (χ1v) is 6.94. The van der Waals surface area contributed by atoms with Crippen LogP contribution in [0.4, 0.5) is 0 Å². The number of rotatable bonds is 5. The normalized spacial score (nSPS) is 27.6. The number of hydrogen-bond donors (Lipinski definition) is 3. The molecule has 0 spiro atoms. The molecule has 2 rings (SSSR count). The van der Waals surface area contributed by atoms with E-state index in [4.69, 9.17) is 0 Å². The number of amides is 2. The lowest BCUT2D eigenvalue weighted by Crippen LogP contribution is -2.44. The summed E-state index contributed by atoms with van der Waals surface area (Å²) in [4.78, 5) is 23.4. The van der Waals surface area contributed by atoms with Crippen molar-refractivity contribution in [3.63, 3.8) is 0 Å². The van der Waals surface area contributed by atoms with Crippen molar-refractivity contribution in [3.8, 4) is 0 Å². The lowest BCUT2D eigenvalue weighted by Gasteiger charge is -2.28. The Morgan fingerprint density at radius 2 is 2.06 bits per heavy atom. The lowest BCUT2D eigenvalue weighted by molar-refractivity contribution is -0.127. The predicted octanol–water partition coefficient (Wildman–Crippen LogP) is 0.0169. The maximum atomic E-state index is 12.0. The summed E-state index contributed by atoms with van der Waals surface area (Å²) in [6, 6.07) is 0.401. The smallest absolute Gasteiger partial charge is 0.223 e. The van der Waals surface area contributed by atoms with Crippen LogP contribution in [0.2, 0.25) is 0 Å². The van der Waals surface area contributed by atoms with Crippen LogP contribution in [0, 0.1) is 11.8 Å². The minimum atomic E-state index is 0.0520. The fraction of sp³-hybridized carbons (Fsp3) is 0.846. The second-order valence-electron chi connectivity index (χ2n) is 5.46. The van der Waals surface area contributed by atoms with E-state index in [1.54, 1.807) is 0 Å². The Morgan fingerprint density at radius 1 is 1.28 bits per heavy atom. The maximum Gasteiger partial charge on any atom is 0.223 e. The molecular weight excluding hydrogens is 230 g/mol. The van der Waals surface area contributed by atoms with Gasteiger partial charge in [0.2, 0.25) is 11.8 Å². The molecule has 0 radical (unpaired) electrons. The molecule has 1 saturated heterocycles. The lowest BCUT2D eigenvalue weighted by atomic mass is 9.87. The average molecular weight is 253 g/mol. The minimum absolute atomic E-state index is 0.0520. The largest absolute Gasteiger partial charge is 0.355 e. The Balaban J connectivity index is 1.62. The van der Waals surface area contributed by atoms with Gasteiger partial charge in [0.05, 0.1) is 0 Å². The highest BCUT2D eigenvalue weighted by Gasteiger charge is 2.27. The molecule has 0 bridgehead atoms. The fourth-order valence-electron chi connectivity index (χ4n) is 2.36. The summed E-state index contributed by atoms with van der Waals surface area (Å²) >= 11 is 0. The van der Waals surface area contributed by atoms with Crippen molar-refractivity contribution in [1.82, 2.24) is 16.0 Å². The molecular formula is C13H23N3O2. The van der Waals surface area contributed by atoms with E-state index in [9.17, 15) is 9.59 Å². The molecule has 3 N–H and O–H groups in total. The molecule has 0 aromatic carbocycles. The summed E-state index contributed by atoms with van der Waals surface area (Å²) in [5, 5.41) is 9.07. The first kappa shape index (κ1) is 13.3. The van der Waals surface area contributed by atoms with Crippen molar-refractivity contribution in [2.75, 3.05) is 19.6 Å². The van der Waals surface area contributed by atoms with Gasteiger partial charge in [-0.3, -0.25) is 9.59 Å². The van der Waals surface area contributed by atoms with E-state index in [-0.39, 0.29) is 17.7 Å². The van der Waals surface area contributed by atoms with Gasteiger partial charge >= 0.3 is 0 Å². The molecule has 2 fully saturated rings. The van der Waals surface area contributed by atoms with Crippen LogP contribution in [0.3, 0.4) is 0 Å². The van der Waals surface area contributed by atoms with Crippen molar-refractivity contribution in [1.29, 1.82) is 0 Å². The second kappa shape index (κ2) is 6.18. The molecule has 1 aliphatic heterocycles. The van der Waals surface area contributed by atoms with Gasteiger partial charge in [0.15, 0.2) is 0 Å². The highest BCUT2D eigenvalue weighted by atomic mass is 16.2. The zero-order chi connectivity index (χ0) is 13.0. The maximum absolute atomic E-state index is 12.0. The quantitative estimate of drug-likeness (QED) is 0.647. The third-order valence-electron chi connectivity index (χ3n) is 3.72. The van der Waals surface area contributed by atoms with E-state index in [2.05, 4.69) is 22.9 Å². The van der Waals surface area contributed by atoms with Crippen LogP contribution >= 0.6 is 0 Å². The highest BCUT2D eigenvalue weighted by Crippen LogP contribution is 2.19. The zero-order valence-electron chi connectivity index (χ0n) is 11.0. The molecule has 1 aliphatic carbocycles. The van der Waals surface area contributed by atoms with Crippen LogP contribution in [-0.2, 0) is 9.59 Å². The number of hydrogen-bond acceptors (Lipinski definition) is 3. The summed E-state index contributed by atoms with van der Waals surface area (Å²) in [5.74, 6) is 0.621. The average Bonchev–Trinajstić information content (AvgIpc) is 3.13. The van der Waals surface area contributed by atoms with Gasteiger partial charge in [-0.1, -0.05) is 6.92 Å². The van der Waals surface area contributed by atoms with Crippen molar-refractivity contribution in [2.45, 2.75) is 38.6 Å². The molecule has 18 heavy (non-hydrogen) atoms. The van der Waals surface area contributed by atoms with Crippen LogP contribution in [0.1, 0.15) is 32.6 Å². The molecule has 0 aromatic heterocycles. The molecule has 1 saturated carbocycles. The molecule has 2 unspecified atom stereocenters. The second-order valence-corrected chi connectivity index (χ2v) is 5.46. The minimum Gasteiger partial charge on any atom is -0.355 e.